The van der Waals surface area contributed by atoms with Gasteiger partial charge < -0.3 is 13.5 Å². The second kappa shape index (κ2) is 8.83. The molecule has 0 aliphatic heterocycles. The molecule has 0 amide bonds. The van der Waals surface area contributed by atoms with Gasteiger partial charge in [-0.15, -0.1) is 0 Å². The van der Waals surface area contributed by atoms with Crippen molar-refractivity contribution in [1.29, 1.82) is 0 Å². The van der Waals surface area contributed by atoms with Gasteiger partial charge in [-0.2, -0.15) is 0 Å². The molecule has 142 valence electrons. The summed E-state index contributed by atoms with van der Waals surface area (Å²) in [5.41, 5.74) is 0.568. The summed E-state index contributed by atoms with van der Waals surface area (Å²) in [5, 5.41) is 0.600. The van der Waals surface area contributed by atoms with Crippen molar-refractivity contribution < 1.29 is 27.2 Å². The molecule has 0 N–H and O–H groups in total. The van der Waals surface area contributed by atoms with Crippen LogP contribution in [0.4, 0.5) is 0 Å². The van der Waals surface area contributed by atoms with Crippen molar-refractivity contribution in [3.8, 4) is 22.8 Å². The maximum absolute atomic E-state index is 13.0. The van der Waals surface area contributed by atoms with Crippen molar-refractivity contribution >= 4 is 71.2 Å². The monoisotopic (exact) mass is 470 g/mol. The van der Waals surface area contributed by atoms with Crippen LogP contribution in [0.3, 0.4) is 0 Å². The van der Waals surface area contributed by atoms with Crippen molar-refractivity contribution in [2.24, 2.45) is 0 Å². The summed E-state index contributed by atoms with van der Waals surface area (Å²) < 4.78 is 50.7. The second-order valence-corrected chi connectivity index (χ2v) is 7.95. The van der Waals surface area contributed by atoms with Gasteiger partial charge >= 0.3 is 0 Å². The highest BCUT2D eigenvalue weighted by Crippen LogP contribution is 2.38. The van der Waals surface area contributed by atoms with Crippen molar-refractivity contribution in [3.63, 3.8) is 0 Å². The summed E-state index contributed by atoms with van der Waals surface area (Å²) in [6.45, 7) is 1.71. The third-order valence-corrected chi connectivity index (χ3v) is 6.49. The van der Waals surface area contributed by atoms with E-state index in [1.54, 1.807) is 13.0 Å². The molecule has 0 spiro atoms. The molecule has 0 aliphatic rings. The minimum atomic E-state index is -0.551. The summed E-state index contributed by atoms with van der Waals surface area (Å²) in [6, 6.07) is 6.02. The van der Waals surface area contributed by atoms with Crippen LogP contribution >= 0.6 is 44.3 Å². The van der Waals surface area contributed by atoms with Crippen LogP contribution in [0, 0.1) is 6.92 Å². The molecule has 1 heterocycles. The molecule has 28 heavy (non-hydrogen) atoms. The molecular weight excluding hydrogens is 459 g/mol. The van der Waals surface area contributed by atoms with Gasteiger partial charge in [0.25, 0.3) is 0 Å². The van der Waals surface area contributed by atoms with Crippen LogP contribution in [0.1, 0.15) is 5.56 Å². The van der Waals surface area contributed by atoms with Crippen LogP contribution in [0.15, 0.2) is 33.5 Å². The molecule has 0 aliphatic carbocycles. The fraction of sp³-hybridized carbons (Fsp3) is 0.0625. The summed E-state index contributed by atoms with van der Waals surface area (Å²) in [7, 11) is 2.99. The molecule has 3 aromatic rings. The highest BCUT2D eigenvalue weighted by atomic mass is 31.1. The smallest absolute Gasteiger partial charge is 0.212 e. The van der Waals surface area contributed by atoms with Gasteiger partial charge in [-0.1, -0.05) is 6.07 Å². The lowest BCUT2D eigenvalue weighted by Crippen LogP contribution is -2.22. The van der Waals surface area contributed by atoms with Crippen LogP contribution in [0.2, 0.25) is 0 Å². The van der Waals surface area contributed by atoms with Crippen LogP contribution < -0.4 is 30.4 Å². The minimum Gasteiger partial charge on any atom is -0.480 e. The third-order valence-electron chi connectivity index (χ3n) is 4.09. The van der Waals surface area contributed by atoms with E-state index in [-0.39, 0.29) is 50.0 Å². The van der Waals surface area contributed by atoms with Crippen molar-refractivity contribution in [2.45, 2.75) is 6.92 Å². The Bertz CT molecular complexity index is 1190. The molecule has 1 aromatic heterocycles. The molecule has 0 radical (unpaired) electrons. The largest absolute Gasteiger partial charge is 0.480 e. The fourth-order valence-corrected chi connectivity index (χ4v) is 4.64. The lowest BCUT2D eigenvalue weighted by atomic mass is 10.1. The van der Waals surface area contributed by atoms with E-state index in [0.29, 0.717) is 22.2 Å². The zero-order chi connectivity index (χ0) is 20.4. The molecular formula is C16H11O7P5. The molecule has 2 unspecified atom stereocenters. The minimum absolute atomic E-state index is 0.0430. The first-order valence-corrected chi connectivity index (χ1v) is 10.9. The Morgan fingerprint density at radius 3 is 2.25 bits per heavy atom. The van der Waals surface area contributed by atoms with Crippen molar-refractivity contribution in [2.75, 3.05) is 0 Å². The first-order chi connectivity index (χ1) is 13.5. The predicted molar refractivity (Wildman–Crippen MR) is 115 cm³/mol. The van der Waals surface area contributed by atoms with Crippen molar-refractivity contribution in [3.05, 3.63) is 40.1 Å². The van der Waals surface area contributed by atoms with Gasteiger partial charge in [0.15, 0.2) is 31.1 Å². The topological polar surface area (TPSA) is 99.9 Å². The lowest BCUT2D eigenvalue weighted by molar-refractivity contribution is 0.589. The lowest BCUT2D eigenvalue weighted by Gasteiger charge is -2.13. The Hall–Kier alpha value is -1.59. The molecule has 12 heteroatoms. The van der Waals surface area contributed by atoms with Crippen LogP contribution in [0.25, 0.3) is 22.3 Å². The summed E-state index contributed by atoms with van der Waals surface area (Å²) >= 11 is 0. The van der Waals surface area contributed by atoms with E-state index >= 15 is 0 Å². The zero-order valence-electron chi connectivity index (χ0n) is 14.2. The van der Waals surface area contributed by atoms with Gasteiger partial charge in [-0.05, 0) is 19.1 Å². The normalized spacial score (nSPS) is 11.4. The van der Waals surface area contributed by atoms with E-state index in [1.807, 2.05) is 0 Å². The number of fused-ring (bicyclic) bond motifs is 1. The third kappa shape index (κ3) is 3.55. The summed E-state index contributed by atoms with van der Waals surface area (Å²) in [6.07, 6.45) is 0. The first-order valence-electron chi connectivity index (χ1n) is 7.53. The van der Waals surface area contributed by atoms with Crippen LogP contribution in [-0.2, 0) is 13.7 Å². The predicted octanol–water partition coefficient (Wildman–Crippen LogP) is 3.86. The summed E-state index contributed by atoms with van der Waals surface area (Å²) in [5.74, 6) is 0.682. The number of hydrogen-bond donors (Lipinski definition) is 0. The average molecular weight is 470 g/mol. The molecule has 0 bridgehead atoms. The quantitative estimate of drug-likeness (QED) is 0.505. The summed E-state index contributed by atoms with van der Waals surface area (Å²) in [4.78, 5) is 13.0. The Labute approximate surface area is 168 Å². The number of benzene rings is 2. The van der Waals surface area contributed by atoms with E-state index in [0.717, 1.165) is 0 Å². The molecule has 7 nitrogen and oxygen atoms in total. The Morgan fingerprint density at radius 2 is 1.68 bits per heavy atom. The molecule has 2 atom stereocenters. The maximum atomic E-state index is 13.0. The standard InChI is InChI=1S/C16H11O7P5/c1-6-8(22-24)5-9-12(14(6)23-25)13(17)16(28-20)15(21-9)7-2-3-10(26-18)11(4-7)27-19/h2-5H,24-25H2,1H3. The van der Waals surface area contributed by atoms with Gasteiger partial charge in [0.1, 0.15) is 27.8 Å². The fourth-order valence-electron chi connectivity index (χ4n) is 2.75. The van der Waals surface area contributed by atoms with Gasteiger partial charge in [-0.25, -0.2) is 0 Å². The average Bonchev–Trinajstić information content (AvgIpc) is 2.72. The zero-order valence-corrected chi connectivity index (χ0v) is 19.2. The van der Waals surface area contributed by atoms with Gasteiger partial charge in [0, 0.05) is 17.2 Å². The number of rotatable bonds is 6. The molecule has 2 aromatic carbocycles. The maximum Gasteiger partial charge on any atom is 0.212 e. The second-order valence-electron chi connectivity index (χ2n) is 5.52. The molecule has 0 saturated heterocycles. The van der Waals surface area contributed by atoms with E-state index < -0.39 is 13.9 Å². The van der Waals surface area contributed by atoms with Gasteiger partial charge in [-0.3, -0.25) is 18.5 Å². The Morgan fingerprint density at radius 1 is 0.964 bits per heavy atom. The molecule has 0 saturated carbocycles. The highest BCUT2D eigenvalue weighted by Gasteiger charge is 2.23. The van der Waals surface area contributed by atoms with Gasteiger partial charge in [0.05, 0.1) is 29.5 Å². The van der Waals surface area contributed by atoms with E-state index in [9.17, 15) is 18.5 Å². The highest BCUT2D eigenvalue weighted by molar-refractivity contribution is 7.42. The Balaban J connectivity index is 2.44. The molecule has 3 rings (SSSR count). The van der Waals surface area contributed by atoms with Crippen LogP contribution in [-0.4, -0.2) is 0 Å². The van der Waals surface area contributed by atoms with E-state index in [2.05, 4.69) is 18.9 Å². The Kier molecular flexibility index (Phi) is 6.66. The van der Waals surface area contributed by atoms with E-state index in [4.69, 9.17) is 13.5 Å². The van der Waals surface area contributed by atoms with Gasteiger partial charge in [0.2, 0.25) is 5.43 Å². The van der Waals surface area contributed by atoms with Crippen molar-refractivity contribution in [1.82, 2.24) is 0 Å². The van der Waals surface area contributed by atoms with E-state index in [1.165, 1.54) is 18.2 Å². The number of hydrogen-bond acceptors (Lipinski definition) is 7. The first kappa shape index (κ1) is 21.1. The van der Waals surface area contributed by atoms with Crippen LogP contribution in [0.5, 0.6) is 11.5 Å². The SMILES string of the molecule is Cc1c(OP)cc2oc(-c3ccc(P=O)c(P=O)c3)c(P=O)c(=O)c2c1OP. The molecule has 0 fully saturated rings.